The number of amides is 3. The van der Waals surface area contributed by atoms with E-state index in [1.165, 1.54) is 5.56 Å². The minimum absolute atomic E-state index is 0.177. The van der Waals surface area contributed by atoms with Crippen LogP contribution in [0, 0.1) is 0 Å². The second kappa shape index (κ2) is 8.54. The Morgan fingerprint density at radius 2 is 2.00 bits per heavy atom. The fourth-order valence-electron chi connectivity index (χ4n) is 4.25. The Morgan fingerprint density at radius 1 is 1.15 bits per heavy atom. The van der Waals surface area contributed by atoms with Gasteiger partial charge in [0.05, 0.1) is 25.1 Å². The van der Waals surface area contributed by atoms with Crippen LogP contribution in [0.5, 0.6) is 0 Å². The molecule has 0 unspecified atom stereocenters. The van der Waals surface area contributed by atoms with E-state index in [1.54, 1.807) is 16.8 Å². The van der Waals surface area contributed by atoms with E-state index in [0.29, 0.717) is 17.3 Å². The molecule has 1 saturated carbocycles. The number of carbonyl (C=O) groups is 2. The van der Waals surface area contributed by atoms with Crippen LogP contribution in [-0.2, 0) is 16.1 Å². The van der Waals surface area contributed by atoms with Crippen LogP contribution in [0.15, 0.2) is 42.2 Å². The van der Waals surface area contributed by atoms with Crippen LogP contribution in [0.4, 0.5) is 10.6 Å². The zero-order chi connectivity index (χ0) is 23.1. The summed E-state index contributed by atoms with van der Waals surface area (Å²) < 4.78 is 7.22. The summed E-state index contributed by atoms with van der Waals surface area (Å²) in [5, 5.41) is 12.8. The van der Waals surface area contributed by atoms with E-state index in [-0.39, 0.29) is 5.70 Å². The number of imide groups is 1. The van der Waals surface area contributed by atoms with E-state index in [9.17, 15) is 9.59 Å². The predicted octanol–water partition coefficient (Wildman–Crippen LogP) is 1.98. The van der Waals surface area contributed by atoms with Gasteiger partial charge in [-0.25, -0.2) is 9.78 Å². The Kier molecular flexibility index (Phi) is 5.23. The first kappa shape index (κ1) is 20.8. The third-order valence-corrected chi connectivity index (χ3v) is 6.18. The molecule has 3 N–H and O–H groups in total. The molecular weight excluding hydrogens is 434 g/mol. The second-order valence-electron chi connectivity index (χ2n) is 8.84. The van der Waals surface area contributed by atoms with Gasteiger partial charge in [-0.2, -0.15) is 9.61 Å². The molecule has 2 saturated heterocycles. The van der Waals surface area contributed by atoms with Gasteiger partial charge in [0.2, 0.25) is 0 Å². The molecule has 174 valence electrons. The monoisotopic (exact) mass is 459 g/mol. The zero-order valence-corrected chi connectivity index (χ0v) is 18.6. The SMILES string of the molecule is O=C1NC(=O)/C(=C/c2cnn3c(NC4CC4)cc(-c4cccc(CN5CCOCC5)c4)nc23)N1. The second-order valence-corrected chi connectivity index (χ2v) is 8.84. The van der Waals surface area contributed by atoms with E-state index in [1.807, 2.05) is 6.07 Å². The van der Waals surface area contributed by atoms with Crippen LogP contribution in [0.25, 0.3) is 23.0 Å². The van der Waals surface area contributed by atoms with Crippen molar-refractivity contribution in [1.29, 1.82) is 0 Å². The van der Waals surface area contributed by atoms with Crippen molar-refractivity contribution in [2.45, 2.75) is 25.4 Å². The smallest absolute Gasteiger partial charge is 0.326 e. The van der Waals surface area contributed by atoms with Crippen LogP contribution >= 0.6 is 0 Å². The quantitative estimate of drug-likeness (QED) is 0.382. The number of aromatic nitrogens is 3. The number of rotatable bonds is 6. The minimum atomic E-state index is -0.533. The molecular formula is C24H25N7O3. The van der Waals surface area contributed by atoms with Crippen molar-refractivity contribution < 1.29 is 14.3 Å². The number of nitrogens with zero attached hydrogens (tertiary/aromatic N) is 4. The number of carbonyl (C=O) groups excluding carboxylic acids is 2. The molecule has 3 aromatic rings. The number of benzene rings is 1. The van der Waals surface area contributed by atoms with Crippen molar-refractivity contribution in [3.05, 3.63) is 53.4 Å². The first-order chi connectivity index (χ1) is 16.6. The summed E-state index contributed by atoms with van der Waals surface area (Å²) >= 11 is 0. The highest BCUT2D eigenvalue weighted by Crippen LogP contribution is 2.29. The lowest BCUT2D eigenvalue weighted by Gasteiger charge is -2.26. The van der Waals surface area contributed by atoms with Crippen molar-refractivity contribution >= 4 is 29.5 Å². The van der Waals surface area contributed by atoms with E-state index in [4.69, 9.17) is 9.72 Å². The van der Waals surface area contributed by atoms with E-state index in [2.05, 4.69) is 50.2 Å². The van der Waals surface area contributed by atoms with Crippen molar-refractivity contribution in [2.75, 3.05) is 31.6 Å². The molecule has 2 aromatic heterocycles. The maximum atomic E-state index is 12.0. The lowest BCUT2D eigenvalue weighted by molar-refractivity contribution is -0.115. The molecule has 1 aromatic carbocycles. The lowest BCUT2D eigenvalue weighted by atomic mass is 10.1. The van der Waals surface area contributed by atoms with Crippen molar-refractivity contribution in [2.24, 2.45) is 0 Å². The fraction of sp³-hybridized carbons (Fsp3) is 0.333. The van der Waals surface area contributed by atoms with E-state index < -0.39 is 11.9 Å². The molecule has 3 fully saturated rings. The standard InChI is InChI=1S/C24H25N7O3/c32-23-20(28-24(33)29-23)11-17-13-25-31-21(26-18-4-5-18)12-19(27-22(17)31)16-3-1-2-15(10-16)14-30-6-8-34-9-7-30/h1-3,10-13,18,26H,4-9,14H2,(H2,28,29,32,33)/b20-11-. The summed E-state index contributed by atoms with van der Waals surface area (Å²) in [6.07, 6.45) is 5.51. The maximum absolute atomic E-state index is 12.0. The predicted molar refractivity (Wildman–Crippen MR) is 126 cm³/mol. The van der Waals surface area contributed by atoms with Gasteiger partial charge in [-0.3, -0.25) is 15.0 Å². The number of fused-ring (bicyclic) bond motifs is 1. The lowest BCUT2D eigenvalue weighted by Crippen LogP contribution is -2.35. The largest absolute Gasteiger partial charge is 0.379 e. The molecule has 3 amide bonds. The highest BCUT2D eigenvalue weighted by Gasteiger charge is 2.25. The summed E-state index contributed by atoms with van der Waals surface area (Å²) in [4.78, 5) is 30.8. The van der Waals surface area contributed by atoms with Crippen molar-refractivity contribution in [1.82, 2.24) is 30.1 Å². The van der Waals surface area contributed by atoms with Gasteiger partial charge in [0.1, 0.15) is 11.5 Å². The van der Waals surface area contributed by atoms with Gasteiger partial charge in [0.25, 0.3) is 5.91 Å². The average Bonchev–Trinajstić information content (AvgIpc) is 3.48. The van der Waals surface area contributed by atoms with Crippen molar-refractivity contribution in [3.8, 4) is 11.3 Å². The molecule has 2 aliphatic heterocycles. The maximum Gasteiger partial charge on any atom is 0.326 e. The van der Waals surface area contributed by atoms with Crippen LogP contribution in [0.2, 0.25) is 0 Å². The normalized spacial score (nSPS) is 20.1. The van der Waals surface area contributed by atoms with Crippen molar-refractivity contribution in [3.63, 3.8) is 0 Å². The number of urea groups is 1. The summed E-state index contributed by atoms with van der Waals surface area (Å²) in [5.41, 5.74) is 4.49. The number of hydrogen-bond donors (Lipinski definition) is 3. The first-order valence-corrected chi connectivity index (χ1v) is 11.5. The summed E-state index contributed by atoms with van der Waals surface area (Å²) in [6.45, 7) is 4.27. The molecule has 0 spiro atoms. The summed E-state index contributed by atoms with van der Waals surface area (Å²) in [5.74, 6) is 0.387. The van der Waals surface area contributed by atoms with Crippen LogP contribution in [0.1, 0.15) is 24.0 Å². The van der Waals surface area contributed by atoms with Gasteiger partial charge in [-0.05, 0) is 30.5 Å². The van der Waals surface area contributed by atoms with Gasteiger partial charge in [0.15, 0.2) is 5.65 Å². The molecule has 4 heterocycles. The number of morpholine rings is 1. The number of anilines is 1. The molecule has 0 bridgehead atoms. The Morgan fingerprint density at radius 3 is 2.76 bits per heavy atom. The van der Waals surface area contributed by atoms with E-state index >= 15 is 0 Å². The number of hydrogen-bond acceptors (Lipinski definition) is 7. The van der Waals surface area contributed by atoms with Crippen LogP contribution < -0.4 is 16.0 Å². The number of nitrogens with one attached hydrogen (secondary N) is 3. The van der Waals surface area contributed by atoms with Gasteiger partial charge in [-0.15, -0.1) is 0 Å². The summed E-state index contributed by atoms with van der Waals surface area (Å²) in [7, 11) is 0. The Balaban J connectivity index is 1.38. The summed E-state index contributed by atoms with van der Waals surface area (Å²) in [6, 6.07) is 10.3. The molecule has 10 nitrogen and oxygen atoms in total. The van der Waals surface area contributed by atoms with Crippen LogP contribution in [0.3, 0.4) is 0 Å². The molecule has 1 aliphatic carbocycles. The molecule has 0 radical (unpaired) electrons. The molecule has 6 rings (SSSR count). The highest BCUT2D eigenvalue weighted by atomic mass is 16.5. The van der Waals surface area contributed by atoms with Gasteiger partial charge < -0.3 is 15.4 Å². The zero-order valence-electron chi connectivity index (χ0n) is 18.6. The fourth-order valence-corrected chi connectivity index (χ4v) is 4.25. The third kappa shape index (κ3) is 4.25. The van der Waals surface area contributed by atoms with Gasteiger partial charge in [0, 0.05) is 42.9 Å². The Labute approximate surface area is 196 Å². The molecule has 3 aliphatic rings. The topological polar surface area (TPSA) is 113 Å². The third-order valence-electron chi connectivity index (χ3n) is 6.18. The Hall–Kier alpha value is -3.76. The molecule has 0 atom stereocenters. The van der Waals surface area contributed by atoms with Gasteiger partial charge in [-0.1, -0.05) is 18.2 Å². The molecule has 10 heteroatoms. The van der Waals surface area contributed by atoms with Gasteiger partial charge >= 0.3 is 6.03 Å². The van der Waals surface area contributed by atoms with Crippen LogP contribution in [-0.4, -0.2) is 63.8 Å². The minimum Gasteiger partial charge on any atom is -0.379 e. The molecule has 34 heavy (non-hydrogen) atoms. The highest BCUT2D eigenvalue weighted by molar-refractivity contribution is 6.14. The average molecular weight is 460 g/mol. The Bertz CT molecular complexity index is 1310. The van der Waals surface area contributed by atoms with E-state index in [0.717, 1.165) is 62.8 Å². The first-order valence-electron chi connectivity index (χ1n) is 11.5. The number of ether oxygens (including phenoxy) is 1.